The van der Waals surface area contributed by atoms with Crippen molar-refractivity contribution in [3.8, 4) is 0 Å². The van der Waals surface area contributed by atoms with Gasteiger partial charge in [0.2, 0.25) is 0 Å². The molecule has 0 radical (unpaired) electrons. The van der Waals surface area contributed by atoms with Crippen LogP contribution >= 0.6 is 0 Å². The van der Waals surface area contributed by atoms with Crippen LogP contribution in [0.2, 0.25) is 0 Å². The van der Waals surface area contributed by atoms with E-state index in [9.17, 15) is 13.2 Å². The number of halogens is 3. The Hall–Kier alpha value is -2.54. The van der Waals surface area contributed by atoms with E-state index < -0.39 is 11.7 Å². The number of H-pyrrole nitrogens is 1. The molecular weight excluding hydrogens is 353 g/mol. The molecule has 0 aliphatic carbocycles. The molecule has 0 saturated carbocycles. The topological polar surface area (TPSA) is 44.0 Å². The van der Waals surface area contributed by atoms with Crippen LogP contribution < -0.4 is 5.32 Å². The Morgan fingerprint density at radius 3 is 2.70 bits per heavy atom. The lowest BCUT2D eigenvalue weighted by molar-refractivity contribution is -0.137. The summed E-state index contributed by atoms with van der Waals surface area (Å²) in [5.41, 5.74) is 1.62. The van der Waals surface area contributed by atoms with Gasteiger partial charge in [-0.3, -0.25) is 9.88 Å². The van der Waals surface area contributed by atoms with E-state index in [2.05, 4.69) is 33.2 Å². The number of hydrogen-bond donors (Lipinski definition) is 2. The Morgan fingerprint density at radius 2 is 2.00 bits per heavy atom. The summed E-state index contributed by atoms with van der Waals surface area (Å²) >= 11 is 0. The number of aromatic nitrogens is 2. The van der Waals surface area contributed by atoms with Gasteiger partial charge in [-0.2, -0.15) is 13.2 Å². The Kier molecular flexibility index (Phi) is 6.01. The Morgan fingerprint density at radius 1 is 1.15 bits per heavy atom. The summed E-state index contributed by atoms with van der Waals surface area (Å²) in [6.45, 7) is 5.49. The van der Waals surface area contributed by atoms with E-state index in [1.807, 2.05) is 12.3 Å². The fourth-order valence-corrected chi connectivity index (χ4v) is 3.12. The number of hydrogen-bond acceptors (Lipinski definition) is 3. The lowest BCUT2D eigenvalue weighted by Crippen LogP contribution is -2.29. The summed E-state index contributed by atoms with van der Waals surface area (Å²) in [6.07, 6.45) is 0.139. The molecule has 2 N–H and O–H groups in total. The molecular formula is C20H23F3N4. The zero-order chi connectivity index (χ0) is 19.3. The molecule has 0 aliphatic rings. The standard InChI is InChI=1S/C20H23F3N4/c1-2-11-27(14-16-4-3-8-24-16)12-10-26-18-7-9-25-19-13-15(20(21,22)23)5-6-17(18)19/h3-9,13,24H,2,10-12,14H2,1H3,(H,25,26). The van der Waals surface area contributed by atoms with E-state index in [4.69, 9.17) is 0 Å². The van der Waals surface area contributed by atoms with Crippen LogP contribution in [0.15, 0.2) is 48.8 Å². The fourth-order valence-electron chi connectivity index (χ4n) is 3.12. The minimum Gasteiger partial charge on any atom is -0.383 e. The molecule has 2 heterocycles. The number of rotatable bonds is 8. The van der Waals surface area contributed by atoms with Gasteiger partial charge < -0.3 is 10.3 Å². The molecule has 0 amide bonds. The molecule has 0 aliphatic heterocycles. The third-order valence-corrected chi connectivity index (χ3v) is 4.41. The van der Waals surface area contributed by atoms with Crippen LogP contribution in [-0.2, 0) is 12.7 Å². The van der Waals surface area contributed by atoms with E-state index in [1.165, 1.54) is 12.3 Å². The van der Waals surface area contributed by atoms with E-state index in [1.54, 1.807) is 6.07 Å². The van der Waals surface area contributed by atoms with Crippen LogP contribution in [0.1, 0.15) is 24.6 Å². The molecule has 4 nitrogen and oxygen atoms in total. The van der Waals surface area contributed by atoms with Crippen molar-refractivity contribution in [3.05, 3.63) is 60.0 Å². The maximum atomic E-state index is 12.9. The first-order valence-electron chi connectivity index (χ1n) is 9.02. The van der Waals surface area contributed by atoms with Crippen molar-refractivity contribution in [2.24, 2.45) is 0 Å². The first-order chi connectivity index (χ1) is 13.0. The van der Waals surface area contributed by atoms with Crippen LogP contribution in [0.3, 0.4) is 0 Å². The highest BCUT2D eigenvalue weighted by atomic mass is 19.4. The molecule has 27 heavy (non-hydrogen) atoms. The predicted molar refractivity (Wildman–Crippen MR) is 102 cm³/mol. The van der Waals surface area contributed by atoms with Crippen LogP contribution in [0.25, 0.3) is 10.9 Å². The van der Waals surface area contributed by atoms with Gasteiger partial charge in [0.25, 0.3) is 0 Å². The zero-order valence-electron chi connectivity index (χ0n) is 15.2. The first-order valence-corrected chi connectivity index (χ1v) is 9.02. The van der Waals surface area contributed by atoms with Crippen molar-refractivity contribution < 1.29 is 13.2 Å². The number of fused-ring (bicyclic) bond motifs is 1. The normalized spacial score (nSPS) is 12.0. The van der Waals surface area contributed by atoms with Crippen molar-refractivity contribution in [3.63, 3.8) is 0 Å². The highest BCUT2D eigenvalue weighted by molar-refractivity contribution is 5.91. The quantitative estimate of drug-likeness (QED) is 0.587. The molecule has 0 fully saturated rings. The smallest absolute Gasteiger partial charge is 0.383 e. The molecule has 144 valence electrons. The van der Waals surface area contributed by atoms with Crippen LogP contribution in [-0.4, -0.2) is 34.5 Å². The number of nitrogens with zero attached hydrogens (tertiary/aromatic N) is 2. The molecule has 7 heteroatoms. The van der Waals surface area contributed by atoms with Crippen molar-refractivity contribution in [1.82, 2.24) is 14.9 Å². The number of pyridine rings is 1. The third-order valence-electron chi connectivity index (χ3n) is 4.41. The lowest BCUT2D eigenvalue weighted by Gasteiger charge is -2.22. The second-order valence-corrected chi connectivity index (χ2v) is 6.49. The van der Waals surface area contributed by atoms with Gasteiger partial charge in [0.05, 0.1) is 11.1 Å². The monoisotopic (exact) mass is 376 g/mol. The number of anilines is 1. The van der Waals surface area contributed by atoms with Crippen molar-refractivity contribution in [2.75, 3.05) is 25.0 Å². The van der Waals surface area contributed by atoms with Gasteiger partial charge in [-0.25, -0.2) is 0 Å². The number of nitrogens with one attached hydrogen (secondary N) is 2. The second kappa shape index (κ2) is 8.43. The minimum atomic E-state index is -4.36. The number of aromatic amines is 1. The van der Waals surface area contributed by atoms with Crippen LogP contribution in [0.5, 0.6) is 0 Å². The summed E-state index contributed by atoms with van der Waals surface area (Å²) in [6, 6.07) is 9.51. The Bertz CT molecular complexity index is 859. The van der Waals surface area contributed by atoms with Gasteiger partial charge in [-0.1, -0.05) is 13.0 Å². The van der Waals surface area contributed by atoms with Gasteiger partial charge in [-0.05, 0) is 43.3 Å². The van der Waals surface area contributed by atoms with E-state index in [-0.39, 0.29) is 0 Å². The summed E-state index contributed by atoms with van der Waals surface area (Å²) in [4.78, 5) is 9.63. The molecule has 0 spiro atoms. The summed E-state index contributed by atoms with van der Waals surface area (Å²) in [5, 5.41) is 4.03. The summed E-state index contributed by atoms with van der Waals surface area (Å²) in [7, 11) is 0. The summed E-state index contributed by atoms with van der Waals surface area (Å²) in [5.74, 6) is 0. The van der Waals surface area contributed by atoms with E-state index in [0.717, 1.165) is 49.6 Å². The molecule has 1 aromatic carbocycles. The van der Waals surface area contributed by atoms with E-state index in [0.29, 0.717) is 17.4 Å². The molecule has 0 bridgehead atoms. The molecule has 0 unspecified atom stereocenters. The Balaban J connectivity index is 1.67. The molecule has 3 rings (SSSR count). The van der Waals surface area contributed by atoms with Crippen molar-refractivity contribution in [1.29, 1.82) is 0 Å². The zero-order valence-corrected chi connectivity index (χ0v) is 15.2. The van der Waals surface area contributed by atoms with E-state index >= 15 is 0 Å². The molecule has 0 atom stereocenters. The lowest BCUT2D eigenvalue weighted by atomic mass is 10.1. The fraction of sp³-hybridized carbons (Fsp3) is 0.350. The second-order valence-electron chi connectivity index (χ2n) is 6.49. The first kappa shape index (κ1) is 19.2. The maximum absolute atomic E-state index is 12.9. The largest absolute Gasteiger partial charge is 0.416 e. The average Bonchev–Trinajstić information content (AvgIpc) is 3.14. The van der Waals surface area contributed by atoms with Crippen LogP contribution in [0.4, 0.5) is 18.9 Å². The summed E-state index contributed by atoms with van der Waals surface area (Å²) < 4.78 is 38.7. The predicted octanol–water partition coefficient (Wildman–Crippen LogP) is 4.91. The van der Waals surface area contributed by atoms with Crippen molar-refractivity contribution in [2.45, 2.75) is 26.1 Å². The maximum Gasteiger partial charge on any atom is 0.416 e. The van der Waals surface area contributed by atoms with Gasteiger partial charge in [0.1, 0.15) is 0 Å². The van der Waals surface area contributed by atoms with Gasteiger partial charge >= 0.3 is 6.18 Å². The highest BCUT2D eigenvalue weighted by Crippen LogP contribution is 2.32. The van der Waals surface area contributed by atoms with Gasteiger partial charge in [0, 0.05) is 48.8 Å². The number of alkyl halides is 3. The highest BCUT2D eigenvalue weighted by Gasteiger charge is 2.30. The Labute approximate surface area is 156 Å². The third kappa shape index (κ3) is 5.01. The van der Waals surface area contributed by atoms with Crippen LogP contribution in [0, 0.1) is 0 Å². The van der Waals surface area contributed by atoms with Gasteiger partial charge in [0.15, 0.2) is 0 Å². The molecule has 3 aromatic rings. The molecule has 0 saturated heterocycles. The minimum absolute atomic E-state index is 0.339. The average molecular weight is 376 g/mol. The SMILES string of the molecule is CCCN(CCNc1ccnc2cc(C(F)(F)F)ccc12)Cc1ccc[nH]1. The number of benzene rings is 1. The van der Waals surface area contributed by atoms with Crippen molar-refractivity contribution >= 4 is 16.6 Å². The van der Waals surface area contributed by atoms with Gasteiger partial charge in [-0.15, -0.1) is 0 Å². The molecule has 2 aromatic heterocycles.